The van der Waals surface area contributed by atoms with E-state index in [0.717, 1.165) is 31.6 Å². The molecule has 0 amide bonds. The van der Waals surface area contributed by atoms with Crippen molar-refractivity contribution in [1.82, 2.24) is 10.3 Å². The number of para-hydroxylation sites is 1. The van der Waals surface area contributed by atoms with Gasteiger partial charge >= 0.3 is 5.69 Å². The summed E-state index contributed by atoms with van der Waals surface area (Å²) in [6.07, 6.45) is 4.48. The summed E-state index contributed by atoms with van der Waals surface area (Å²) in [6, 6.07) is 8.85. The van der Waals surface area contributed by atoms with E-state index in [1.807, 2.05) is 6.07 Å². The second-order valence-electron chi connectivity index (χ2n) is 6.52. The van der Waals surface area contributed by atoms with Gasteiger partial charge in [-0.2, -0.15) is 0 Å². The van der Waals surface area contributed by atoms with Gasteiger partial charge in [0.15, 0.2) is 5.52 Å². The van der Waals surface area contributed by atoms with Gasteiger partial charge < -0.3 is 10.2 Å². The molecule has 9 heteroatoms. The zero-order chi connectivity index (χ0) is 18.8. The van der Waals surface area contributed by atoms with Crippen LogP contribution in [0.5, 0.6) is 0 Å². The minimum Gasteiger partial charge on any atom is -0.370 e. The van der Waals surface area contributed by atoms with Gasteiger partial charge in [0.2, 0.25) is 5.52 Å². The highest BCUT2D eigenvalue weighted by Crippen LogP contribution is 2.41. The lowest BCUT2D eigenvalue weighted by Gasteiger charge is -2.23. The molecule has 4 rings (SSSR count). The molecule has 0 radical (unpaired) electrons. The number of hydrogen-bond donors (Lipinski definition) is 1. The van der Waals surface area contributed by atoms with E-state index < -0.39 is 4.92 Å². The fourth-order valence-corrected chi connectivity index (χ4v) is 3.64. The smallest absolute Gasteiger partial charge is 0.324 e. The molecule has 0 bridgehead atoms. The second-order valence-corrected chi connectivity index (χ2v) is 6.92. The van der Waals surface area contributed by atoms with E-state index >= 15 is 0 Å². The van der Waals surface area contributed by atoms with Gasteiger partial charge in [-0.1, -0.05) is 36.6 Å². The zero-order valence-electron chi connectivity index (χ0n) is 14.5. The van der Waals surface area contributed by atoms with Gasteiger partial charge in [-0.25, -0.2) is 4.63 Å². The van der Waals surface area contributed by atoms with Crippen LogP contribution < -0.4 is 10.2 Å². The number of halogens is 1. The molecule has 1 aliphatic rings. The van der Waals surface area contributed by atoms with Crippen LogP contribution in [-0.4, -0.2) is 28.3 Å². The number of fused-ring (bicyclic) bond motifs is 1. The largest absolute Gasteiger partial charge is 0.370 e. The Kier molecular flexibility index (Phi) is 4.81. The number of benzene rings is 2. The van der Waals surface area contributed by atoms with Crippen LogP contribution in [0.25, 0.3) is 11.0 Å². The summed E-state index contributed by atoms with van der Waals surface area (Å²) >= 11 is 6.22. The number of nitrogens with one attached hydrogen (secondary N) is 1. The lowest BCUT2D eigenvalue weighted by atomic mass is 10.1. The van der Waals surface area contributed by atoms with E-state index in [4.69, 9.17) is 16.2 Å². The summed E-state index contributed by atoms with van der Waals surface area (Å²) in [6.45, 7) is 1.73. The first-order chi connectivity index (χ1) is 13.1. The monoisotopic (exact) mass is 387 g/mol. The highest BCUT2D eigenvalue weighted by molar-refractivity contribution is 6.33. The molecule has 8 nitrogen and oxygen atoms in total. The third-order valence-corrected chi connectivity index (χ3v) is 5.09. The molecular weight excluding hydrogens is 370 g/mol. The highest BCUT2D eigenvalue weighted by atomic mass is 35.5. The van der Waals surface area contributed by atoms with Crippen LogP contribution in [0.2, 0.25) is 5.02 Å². The first-order valence-corrected chi connectivity index (χ1v) is 9.23. The lowest BCUT2D eigenvalue weighted by molar-refractivity contribution is -0.382. The van der Waals surface area contributed by atoms with E-state index in [2.05, 4.69) is 20.5 Å². The van der Waals surface area contributed by atoms with Crippen LogP contribution in [0.3, 0.4) is 0 Å². The number of hydrogen-bond acceptors (Lipinski definition) is 7. The Morgan fingerprint density at radius 3 is 2.48 bits per heavy atom. The van der Waals surface area contributed by atoms with E-state index in [1.165, 1.54) is 12.8 Å². The van der Waals surface area contributed by atoms with Crippen molar-refractivity contribution in [2.24, 2.45) is 0 Å². The maximum Gasteiger partial charge on any atom is 0.324 e. The molecule has 2 aromatic carbocycles. The summed E-state index contributed by atoms with van der Waals surface area (Å²) in [5.74, 6) is 0. The minimum atomic E-state index is -0.474. The molecule has 3 aromatic rings. The number of aromatic nitrogens is 2. The third-order valence-electron chi connectivity index (χ3n) is 4.76. The quantitative estimate of drug-likeness (QED) is 0.501. The molecule has 0 spiro atoms. The predicted octanol–water partition coefficient (Wildman–Crippen LogP) is 4.91. The van der Waals surface area contributed by atoms with Crippen LogP contribution in [0, 0.1) is 10.1 Å². The molecular formula is C18H18ClN5O3. The predicted molar refractivity (Wildman–Crippen MR) is 104 cm³/mol. The molecule has 1 aromatic heterocycles. The molecule has 0 saturated carbocycles. The summed E-state index contributed by atoms with van der Waals surface area (Å²) in [5.41, 5.74) is 2.05. The Hall–Kier alpha value is -2.87. The topological polar surface area (TPSA) is 97.3 Å². The van der Waals surface area contributed by atoms with Gasteiger partial charge in [0.1, 0.15) is 5.69 Å². The van der Waals surface area contributed by atoms with Gasteiger partial charge in [-0.15, -0.1) is 0 Å². The van der Waals surface area contributed by atoms with Crippen molar-refractivity contribution in [2.75, 3.05) is 23.3 Å². The Morgan fingerprint density at radius 1 is 1.07 bits per heavy atom. The number of nitro benzene ring substituents is 1. The molecule has 1 saturated heterocycles. The van der Waals surface area contributed by atoms with Crippen LogP contribution >= 0.6 is 11.6 Å². The number of anilines is 3. The zero-order valence-corrected chi connectivity index (χ0v) is 15.3. The molecule has 0 aliphatic carbocycles. The van der Waals surface area contributed by atoms with Crippen LogP contribution in [0.1, 0.15) is 25.7 Å². The van der Waals surface area contributed by atoms with Crippen LogP contribution in [0.4, 0.5) is 22.7 Å². The van der Waals surface area contributed by atoms with Crippen molar-refractivity contribution >= 4 is 45.4 Å². The molecule has 2 heterocycles. The Balaban J connectivity index is 1.87. The van der Waals surface area contributed by atoms with Gasteiger partial charge in [-0.3, -0.25) is 10.1 Å². The van der Waals surface area contributed by atoms with Crippen molar-refractivity contribution in [2.45, 2.75) is 25.7 Å². The van der Waals surface area contributed by atoms with Crippen molar-refractivity contribution in [3.05, 3.63) is 45.5 Å². The molecule has 140 valence electrons. The van der Waals surface area contributed by atoms with Crippen molar-refractivity contribution in [3.8, 4) is 0 Å². The maximum absolute atomic E-state index is 11.8. The summed E-state index contributed by atoms with van der Waals surface area (Å²) < 4.78 is 4.86. The molecule has 0 atom stereocenters. The Labute approximate surface area is 160 Å². The maximum atomic E-state index is 11.8. The molecule has 27 heavy (non-hydrogen) atoms. The van der Waals surface area contributed by atoms with Crippen molar-refractivity contribution < 1.29 is 9.55 Å². The molecule has 0 unspecified atom stereocenters. The average Bonchev–Trinajstić information content (AvgIpc) is 2.97. The van der Waals surface area contributed by atoms with E-state index in [-0.39, 0.29) is 11.2 Å². The second kappa shape index (κ2) is 7.40. The molecule has 1 fully saturated rings. The van der Waals surface area contributed by atoms with E-state index in [1.54, 1.807) is 24.3 Å². The van der Waals surface area contributed by atoms with Crippen LogP contribution in [0.15, 0.2) is 35.0 Å². The number of nitrogens with zero attached hydrogens (tertiary/aromatic N) is 4. The summed E-state index contributed by atoms with van der Waals surface area (Å²) in [4.78, 5) is 13.5. The fraction of sp³-hybridized carbons (Fsp3) is 0.333. The van der Waals surface area contributed by atoms with E-state index in [9.17, 15) is 10.1 Å². The number of rotatable bonds is 4. The third kappa shape index (κ3) is 3.40. The average molecular weight is 388 g/mol. The van der Waals surface area contributed by atoms with Gasteiger partial charge in [0.25, 0.3) is 0 Å². The first-order valence-electron chi connectivity index (χ1n) is 8.85. The Morgan fingerprint density at radius 2 is 1.78 bits per heavy atom. The van der Waals surface area contributed by atoms with Gasteiger partial charge in [-0.05, 0) is 41.4 Å². The number of nitro groups is 1. The summed E-state index contributed by atoms with van der Waals surface area (Å²) in [5, 5.41) is 23.1. The van der Waals surface area contributed by atoms with Crippen LogP contribution in [-0.2, 0) is 0 Å². The minimum absolute atomic E-state index is 0.135. The highest BCUT2D eigenvalue weighted by Gasteiger charge is 2.28. The SMILES string of the molecule is O=[N+]([O-])c1c(Nc2ccccc2Cl)cc(N2CCCCCC2)c2nonc12. The fourth-order valence-electron chi connectivity index (χ4n) is 3.45. The first kappa shape index (κ1) is 17.5. The Bertz CT molecular complexity index is 982. The standard InChI is InChI=1S/C18H18ClN5O3/c19-12-7-3-4-8-13(12)20-14-11-15(23-9-5-1-2-6-10-23)16-17(22-27-21-16)18(14)24(25)26/h3-4,7-8,11,20H,1-2,5-6,9-10H2. The normalized spacial score (nSPS) is 14.9. The lowest BCUT2D eigenvalue weighted by Crippen LogP contribution is -2.24. The molecule has 1 N–H and O–H groups in total. The van der Waals surface area contributed by atoms with Crippen molar-refractivity contribution in [1.29, 1.82) is 0 Å². The molecule has 1 aliphatic heterocycles. The van der Waals surface area contributed by atoms with Gasteiger partial charge in [0, 0.05) is 13.1 Å². The summed E-state index contributed by atoms with van der Waals surface area (Å²) in [7, 11) is 0. The van der Waals surface area contributed by atoms with Gasteiger partial charge in [0.05, 0.1) is 21.3 Å². The van der Waals surface area contributed by atoms with E-state index in [0.29, 0.717) is 21.9 Å². The van der Waals surface area contributed by atoms with Crippen molar-refractivity contribution in [3.63, 3.8) is 0 Å².